The lowest BCUT2D eigenvalue weighted by molar-refractivity contribution is -0.129. The van der Waals surface area contributed by atoms with Crippen LogP contribution in [0.3, 0.4) is 0 Å². The molecule has 0 aliphatic carbocycles. The first-order valence-electron chi connectivity index (χ1n) is 6.52. The topological polar surface area (TPSA) is 79.2 Å². The molecule has 0 aromatic heterocycles. The Morgan fingerprint density at radius 2 is 2.15 bits per heavy atom. The molecule has 0 fully saturated rings. The zero-order valence-corrected chi connectivity index (χ0v) is 10.8. The molecule has 2 aliphatic rings. The molecule has 20 heavy (non-hydrogen) atoms. The Bertz CT molecular complexity index is 597. The predicted molar refractivity (Wildman–Crippen MR) is 71.7 cm³/mol. The van der Waals surface area contributed by atoms with E-state index < -0.39 is 12.1 Å². The van der Waals surface area contributed by atoms with E-state index in [-0.39, 0.29) is 18.0 Å². The zero-order valence-electron chi connectivity index (χ0n) is 10.8. The van der Waals surface area contributed by atoms with Crippen molar-refractivity contribution in [2.24, 2.45) is 5.16 Å². The van der Waals surface area contributed by atoms with Gasteiger partial charge in [-0.05, 0) is 24.5 Å². The summed E-state index contributed by atoms with van der Waals surface area (Å²) in [6.07, 6.45) is 1.03. The minimum absolute atomic E-state index is 0.0207. The van der Waals surface area contributed by atoms with Crippen molar-refractivity contribution in [3.05, 3.63) is 29.8 Å². The van der Waals surface area contributed by atoms with Crippen LogP contribution < -0.4 is 4.90 Å². The molecule has 1 atom stereocenters. The molecule has 1 unspecified atom stereocenters. The number of hydrogen-bond acceptors (Lipinski definition) is 4. The van der Waals surface area contributed by atoms with Crippen LogP contribution in [-0.2, 0) is 20.8 Å². The van der Waals surface area contributed by atoms with E-state index in [1.165, 1.54) is 0 Å². The fourth-order valence-corrected chi connectivity index (χ4v) is 2.57. The van der Waals surface area contributed by atoms with Gasteiger partial charge in [0, 0.05) is 18.7 Å². The van der Waals surface area contributed by atoms with E-state index in [1.807, 2.05) is 24.3 Å². The molecule has 6 heteroatoms. The molecular formula is C14H14N2O4. The van der Waals surface area contributed by atoms with Gasteiger partial charge in [-0.1, -0.05) is 23.4 Å². The summed E-state index contributed by atoms with van der Waals surface area (Å²) in [7, 11) is 0. The molecule has 2 aliphatic heterocycles. The van der Waals surface area contributed by atoms with Crippen molar-refractivity contribution in [2.45, 2.75) is 25.4 Å². The Kier molecular flexibility index (Phi) is 3.14. The Hall–Kier alpha value is -2.37. The van der Waals surface area contributed by atoms with Crippen molar-refractivity contribution >= 4 is 23.3 Å². The first-order chi connectivity index (χ1) is 9.66. The van der Waals surface area contributed by atoms with Crippen LogP contribution in [0.1, 0.15) is 18.4 Å². The number of hydrogen-bond donors (Lipinski definition) is 1. The summed E-state index contributed by atoms with van der Waals surface area (Å²) in [6, 6.07) is 7.74. The number of aliphatic carboxylic acids is 1. The number of benzene rings is 1. The van der Waals surface area contributed by atoms with Crippen molar-refractivity contribution in [1.29, 1.82) is 0 Å². The van der Waals surface area contributed by atoms with Crippen molar-refractivity contribution in [2.75, 3.05) is 11.4 Å². The van der Waals surface area contributed by atoms with E-state index >= 15 is 0 Å². The second-order valence-electron chi connectivity index (χ2n) is 4.86. The third kappa shape index (κ3) is 2.13. The van der Waals surface area contributed by atoms with Gasteiger partial charge in [0.05, 0.1) is 0 Å². The van der Waals surface area contributed by atoms with Gasteiger partial charge < -0.3 is 14.8 Å². The van der Waals surface area contributed by atoms with E-state index in [1.54, 1.807) is 4.90 Å². The number of carboxylic acid groups (broad SMARTS) is 1. The Morgan fingerprint density at radius 3 is 2.90 bits per heavy atom. The fourth-order valence-electron chi connectivity index (χ4n) is 2.57. The Morgan fingerprint density at radius 1 is 1.35 bits per heavy atom. The van der Waals surface area contributed by atoms with Gasteiger partial charge in [-0.2, -0.15) is 0 Å². The Balaban J connectivity index is 1.78. The van der Waals surface area contributed by atoms with Gasteiger partial charge >= 0.3 is 5.97 Å². The highest BCUT2D eigenvalue weighted by Gasteiger charge is 2.36. The molecule has 2 heterocycles. The minimum atomic E-state index is -1.14. The molecule has 1 amide bonds. The molecule has 0 bridgehead atoms. The number of aryl methyl sites for hydroxylation is 1. The summed E-state index contributed by atoms with van der Waals surface area (Å²) in [4.78, 5) is 29.9. The summed E-state index contributed by atoms with van der Waals surface area (Å²) in [5.74, 6) is -1.36. The second-order valence-corrected chi connectivity index (χ2v) is 4.86. The molecule has 1 aromatic carbocycles. The molecule has 104 valence electrons. The smallest absolute Gasteiger partial charge is 0.353 e. The maximum atomic E-state index is 12.5. The number of para-hydroxylation sites is 1. The van der Waals surface area contributed by atoms with Crippen LogP contribution in [-0.4, -0.2) is 35.3 Å². The van der Waals surface area contributed by atoms with Gasteiger partial charge in [0.25, 0.3) is 5.91 Å². The molecule has 6 nitrogen and oxygen atoms in total. The van der Waals surface area contributed by atoms with Crippen LogP contribution in [0.4, 0.5) is 5.69 Å². The number of amides is 1. The number of carbonyl (C=O) groups is 2. The summed E-state index contributed by atoms with van der Waals surface area (Å²) in [6.45, 7) is 0.623. The maximum Gasteiger partial charge on any atom is 0.353 e. The summed E-state index contributed by atoms with van der Waals surface area (Å²) in [5, 5.41) is 12.3. The second kappa shape index (κ2) is 4.96. The summed E-state index contributed by atoms with van der Waals surface area (Å²) in [5.41, 5.74) is 1.91. The zero-order chi connectivity index (χ0) is 14.1. The van der Waals surface area contributed by atoms with Gasteiger partial charge in [-0.15, -0.1) is 0 Å². The normalized spacial score (nSPS) is 20.9. The third-order valence-electron chi connectivity index (χ3n) is 3.57. The predicted octanol–water partition coefficient (Wildman–Crippen LogP) is 1.20. The quantitative estimate of drug-likeness (QED) is 0.878. The van der Waals surface area contributed by atoms with Crippen LogP contribution in [0, 0.1) is 0 Å². The van der Waals surface area contributed by atoms with E-state index in [4.69, 9.17) is 9.94 Å². The average Bonchev–Trinajstić information content (AvgIpc) is 2.96. The summed E-state index contributed by atoms with van der Waals surface area (Å²) >= 11 is 0. The van der Waals surface area contributed by atoms with E-state index in [9.17, 15) is 9.59 Å². The van der Waals surface area contributed by atoms with E-state index in [2.05, 4.69) is 5.16 Å². The van der Waals surface area contributed by atoms with Crippen molar-refractivity contribution in [1.82, 2.24) is 0 Å². The molecule has 0 radical (unpaired) electrons. The lowest BCUT2D eigenvalue weighted by Gasteiger charge is -2.30. The first kappa shape index (κ1) is 12.7. The first-order valence-corrected chi connectivity index (χ1v) is 6.52. The summed E-state index contributed by atoms with van der Waals surface area (Å²) < 4.78 is 0. The molecule has 0 saturated carbocycles. The van der Waals surface area contributed by atoms with Crippen molar-refractivity contribution in [3.63, 3.8) is 0 Å². The number of fused-ring (bicyclic) bond motifs is 1. The number of nitrogens with zero attached hydrogens (tertiary/aromatic N) is 2. The van der Waals surface area contributed by atoms with Gasteiger partial charge in [0.2, 0.25) is 6.10 Å². The Labute approximate surface area is 115 Å². The van der Waals surface area contributed by atoms with E-state index in [0.717, 1.165) is 24.1 Å². The van der Waals surface area contributed by atoms with Crippen molar-refractivity contribution in [3.8, 4) is 0 Å². The van der Waals surface area contributed by atoms with Gasteiger partial charge in [0.1, 0.15) is 0 Å². The highest BCUT2D eigenvalue weighted by molar-refractivity contribution is 6.36. The molecule has 1 aromatic rings. The number of oxime groups is 1. The van der Waals surface area contributed by atoms with Crippen LogP contribution in [0.25, 0.3) is 0 Å². The van der Waals surface area contributed by atoms with Crippen LogP contribution in [0.5, 0.6) is 0 Å². The highest BCUT2D eigenvalue weighted by Crippen LogP contribution is 2.28. The lowest BCUT2D eigenvalue weighted by Crippen LogP contribution is -2.42. The van der Waals surface area contributed by atoms with Crippen molar-refractivity contribution < 1.29 is 19.5 Å². The highest BCUT2D eigenvalue weighted by atomic mass is 16.6. The number of rotatable bonds is 2. The standard InChI is InChI=1S/C14H14N2O4/c17-13(12-8-10(14(18)19)15-20-12)16-7-3-5-9-4-1-2-6-11(9)16/h1-2,4,6,12H,3,5,7-8H2,(H,18,19). The van der Waals surface area contributed by atoms with Gasteiger partial charge in [0.15, 0.2) is 5.71 Å². The molecule has 1 N–H and O–H groups in total. The molecule has 3 rings (SSSR count). The third-order valence-corrected chi connectivity index (χ3v) is 3.57. The van der Waals surface area contributed by atoms with Gasteiger partial charge in [-0.25, -0.2) is 4.79 Å². The molecule has 0 spiro atoms. The minimum Gasteiger partial charge on any atom is -0.477 e. The van der Waals surface area contributed by atoms with Gasteiger partial charge in [-0.3, -0.25) is 4.79 Å². The van der Waals surface area contributed by atoms with E-state index in [0.29, 0.717) is 6.54 Å². The average molecular weight is 274 g/mol. The molecule has 0 saturated heterocycles. The molecular weight excluding hydrogens is 260 g/mol. The van der Waals surface area contributed by atoms with Crippen LogP contribution >= 0.6 is 0 Å². The SMILES string of the molecule is O=C(O)C1=NOC(C(=O)N2CCCc3ccccc32)C1. The van der Waals surface area contributed by atoms with Crippen LogP contribution in [0.15, 0.2) is 29.4 Å². The monoisotopic (exact) mass is 274 g/mol. The largest absolute Gasteiger partial charge is 0.477 e. The number of carboxylic acids is 1. The number of anilines is 1. The lowest BCUT2D eigenvalue weighted by atomic mass is 10.0. The number of carbonyl (C=O) groups excluding carboxylic acids is 1. The van der Waals surface area contributed by atoms with Crippen LogP contribution in [0.2, 0.25) is 0 Å². The maximum absolute atomic E-state index is 12.5. The fraction of sp³-hybridized carbons (Fsp3) is 0.357.